The molecule has 0 fully saturated rings. The van der Waals surface area contributed by atoms with Crippen LogP contribution in [0.25, 0.3) is 0 Å². The van der Waals surface area contributed by atoms with Crippen molar-refractivity contribution < 1.29 is 88.9 Å². The zero-order valence-electron chi connectivity index (χ0n) is 2.49. The molecule has 0 saturated heterocycles. The third-order valence-electron chi connectivity index (χ3n) is 0. The van der Waals surface area contributed by atoms with Crippen LogP contribution in [0.1, 0.15) is 0 Å². The van der Waals surface area contributed by atoms with Crippen molar-refractivity contribution in [1.29, 1.82) is 0 Å². The molecule has 0 aromatic heterocycles. The summed E-state index contributed by atoms with van der Waals surface area (Å²) in [5.41, 5.74) is 0. The molecule has 0 amide bonds. The second kappa shape index (κ2) is 35.6. The van der Waals surface area contributed by atoms with E-state index >= 15 is 0 Å². The Kier molecular flexibility index (Phi) is 296. The van der Waals surface area contributed by atoms with Crippen LogP contribution < -0.4 is 0 Å². The first-order valence-electron chi connectivity index (χ1n) is 0. The average Bonchev–Trinajstić information content (AvgIpc) is 0. The molecule has 0 spiro atoms. The summed E-state index contributed by atoms with van der Waals surface area (Å²) in [6, 6.07) is 0. The average molecular weight is 475 g/mol. The quantitative estimate of drug-likeness (QED) is 0.404. The number of hydrogen-bond donors (Lipinski definition) is 0. The van der Waals surface area contributed by atoms with Crippen molar-refractivity contribution in [1.82, 2.24) is 0 Å². The smallest absolute Gasteiger partial charge is 0 e. The Bertz CT molecular complexity index is 8.75. The largest absolute Gasteiger partial charge is 0 e. The van der Waals surface area contributed by atoms with E-state index in [9.17, 15) is 0 Å². The Labute approximate surface area is 126 Å². The molecule has 0 bridgehead atoms. The monoisotopic (exact) mass is 474 g/mol. The Morgan fingerprint density at radius 2 is 0.500 bits per heavy atom. The molecule has 6 heavy (non-hydrogen) atoms. The topological polar surface area (TPSA) is 0 Å². The predicted octanol–water partition coefficient (Wildman–Crippen LogP) is -0.769. The van der Waals surface area contributed by atoms with Gasteiger partial charge in [0.05, 0.1) is 0 Å². The van der Waals surface area contributed by atoms with Crippen LogP contribution in [-0.4, -0.2) is 39.6 Å². The SMILES string of the molecule is [Co].[Co].[Co].[Ga].[Ga].[Tb]. The van der Waals surface area contributed by atoms with Crippen molar-refractivity contribution in [3.8, 4) is 0 Å². The third kappa shape index (κ3) is 24.3. The van der Waals surface area contributed by atoms with Crippen LogP contribution in [0.3, 0.4) is 0 Å². The Hall–Kier alpha value is 4.08. The molecule has 6 heteroatoms. The minimum Gasteiger partial charge on any atom is 0 e. The summed E-state index contributed by atoms with van der Waals surface area (Å²) in [6.07, 6.45) is 0. The van der Waals surface area contributed by atoms with Crippen LogP contribution in [0.2, 0.25) is 0 Å². The van der Waals surface area contributed by atoms with Crippen LogP contribution in [0.4, 0.5) is 0 Å². The van der Waals surface area contributed by atoms with E-state index in [1.165, 1.54) is 0 Å². The molecule has 0 aliphatic rings. The Morgan fingerprint density at radius 3 is 0.500 bits per heavy atom. The molecule has 0 aliphatic heterocycles. The van der Waals surface area contributed by atoms with Gasteiger partial charge in [0, 0.05) is 129 Å². The van der Waals surface area contributed by atoms with Crippen LogP contribution in [-0.2, 0) is 50.3 Å². The van der Waals surface area contributed by atoms with Crippen LogP contribution in [0.5, 0.6) is 0 Å². The Morgan fingerprint density at radius 1 is 0.500 bits per heavy atom. The molecule has 0 atom stereocenters. The van der Waals surface area contributed by atoms with E-state index in [-0.39, 0.29) is 129 Å². The van der Waals surface area contributed by atoms with Crippen LogP contribution in [0, 0.1) is 38.6 Å². The molecule has 0 unspecified atom stereocenters. The maximum Gasteiger partial charge on any atom is 0 e. The molecule has 0 saturated carbocycles. The van der Waals surface area contributed by atoms with Crippen molar-refractivity contribution in [2.45, 2.75) is 0 Å². The summed E-state index contributed by atoms with van der Waals surface area (Å²) in [5, 5.41) is 0. The van der Waals surface area contributed by atoms with Crippen molar-refractivity contribution in [2.24, 2.45) is 0 Å². The molecule has 0 aromatic carbocycles. The Balaban J connectivity index is 0. The molecule has 0 rings (SSSR count). The maximum atomic E-state index is 0. The van der Waals surface area contributed by atoms with Gasteiger partial charge < -0.3 is 0 Å². The van der Waals surface area contributed by atoms with E-state index < -0.39 is 0 Å². The van der Waals surface area contributed by atoms with E-state index in [0.717, 1.165) is 0 Å². The van der Waals surface area contributed by atoms with Gasteiger partial charge in [-0.1, -0.05) is 0 Å². The summed E-state index contributed by atoms with van der Waals surface area (Å²) in [7, 11) is 0. The first-order chi connectivity index (χ1) is 0. The molecule has 0 heterocycles. The first-order valence-corrected chi connectivity index (χ1v) is 0. The van der Waals surface area contributed by atoms with E-state index in [1.807, 2.05) is 0 Å². The molecule has 0 aliphatic carbocycles. The number of hydrogen-bond acceptors (Lipinski definition) is 0. The predicted molar refractivity (Wildman–Crippen MR) is 11.5 cm³/mol. The maximum absolute atomic E-state index is 0. The first kappa shape index (κ1) is 49.9. The summed E-state index contributed by atoms with van der Waals surface area (Å²) < 4.78 is 0. The summed E-state index contributed by atoms with van der Waals surface area (Å²) >= 11 is 0. The van der Waals surface area contributed by atoms with Gasteiger partial charge in [-0.15, -0.1) is 0 Å². The fourth-order valence-corrected chi connectivity index (χ4v) is 0. The molecule has 0 aromatic rings. The molecular formula is Co3Ga2Tb. The minimum absolute atomic E-state index is 0. The fourth-order valence-electron chi connectivity index (χ4n) is 0. The molecule has 10 radical (unpaired) electrons. The molecule has 0 nitrogen and oxygen atoms in total. The van der Waals surface area contributed by atoms with E-state index in [0.29, 0.717) is 0 Å². The minimum atomic E-state index is 0. The summed E-state index contributed by atoms with van der Waals surface area (Å²) in [4.78, 5) is 0. The van der Waals surface area contributed by atoms with Gasteiger partial charge in [-0.3, -0.25) is 0 Å². The van der Waals surface area contributed by atoms with E-state index in [2.05, 4.69) is 0 Å². The van der Waals surface area contributed by atoms with Gasteiger partial charge in [0.2, 0.25) is 0 Å². The second-order valence-corrected chi connectivity index (χ2v) is 0. The second-order valence-electron chi connectivity index (χ2n) is 0. The van der Waals surface area contributed by atoms with Crippen molar-refractivity contribution in [3.05, 3.63) is 0 Å². The fraction of sp³-hybridized carbons (Fsp3) is 0. The van der Waals surface area contributed by atoms with Crippen LogP contribution >= 0.6 is 0 Å². The van der Waals surface area contributed by atoms with Gasteiger partial charge in [0.25, 0.3) is 0 Å². The molecule has 42 valence electrons. The van der Waals surface area contributed by atoms with Gasteiger partial charge in [-0.2, -0.15) is 0 Å². The van der Waals surface area contributed by atoms with Gasteiger partial charge in [0.1, 0.15) is 0 Å². The normalized spacial score (nSPS) is 0. The van der Waals surface area contributed by atoms with Crippen molar-refractivity contribution in [3.63, 3.8) is 0 Å². The van der Waals surface area contributed by atoms with E-state index in [4.69, 9.17) is 0 Å². The van der Waals surface area contributed by atoms with Gasteiger partial charge in [-0.25, -0.2) is 0 Å². The molecule has 0 N–H and O–H groups in total. The summed E-state index contributed by atoms with van der Waals surface area (Å²) in [5.74, 6) is 0. The zero-order valence-corrected chi connectivity index (χ0v) is 12.6. The van der Waals surface area contributed by atoms with Gasteiger partial charge in [0.15, 0.2) is 0 Å². The van der Waals surface area contributed by atoms with Gasteiger partial charge in [-0.05, 0) is 0 Å². The zero-order chi connectivity index (χ0) is 0. The standard InChI is InChI=1S/3Co.2Ga.Tb. The summed E-state index contributed by atoms with van der Waals surface area (Å²) in [6.45, 7) is 0. The third-order valence-corrected chi connectivity index (χ3v) is 0. The molecular weight excluding hydrogens is 475 g/mol. The van der Waals surface area contributed by atoms with Crippen molar-refractivity contribution >= 4 is 39.6 Å². The van der Waals surface area contributed by atoms with Crippen LogP contribution in [0.15, 0.2) is 0 Å². The van der Waals surface area contributed by atoms with E-state index in [1.54, 1.807) is 0 Å². The van der Waals surface area contributed by atoms with Gasteiger partial charge >= 0.3 is 0 Å². The van der Waals surface area contributed by atoms with Crippen molar-refractivity contribution in [2.75, 3.05) is 0 Å². The number of rotatable bonds is 0.